The van der Waals surface area contributed by atoms with Crippen molar-refractivity contribution >= 4 is 11.6 Å². The molecule has 0 spiro atoms. The number of nitrogens with one attached hydrogen (secondary N) is 1. The highest BCUT2D eigenvalue weighted by Gasteiger charge is 2.20. The van der Waals surface area contributed by atoms with Crippen molar-refractivity contribution in [3.05, 3.63) is 59.7 Å². The van der Waals surface area contributed by atoms with Gasteiger partial charge in [-0.05, 0) is 55.1 Å². The minimum absolute atomic E-state index is 0.105. The molecule has 1 saturated heterocycles. The Balaban J connectivity index is 1.53. The molecule has 1 amide bonds. The van der Waals surface area contributed by atoms with Crippen LogP contribution in [0.4, 0.5) is 5.69 Å². The average molecular weight is 424 g/mol. The van der Waals surface area contributed by atoms with Gasteiger partial charge in [-0.25, -0.2) is 0 Å². The zero-order valence-electron chi connectivity index (χ0n) is 19.4. The number of rotatable bonds is 9. The summed E-state index contributed by atoms with van der Waals surface area (Å²) >= 11 is 0. The number of likely N-dealkylation sites (N-methyl/N-ethyl adjacent to an activating group) is 1. The van der Waals surface area contributed by atoms with Gasteiger partial charge < -0.3 is 19.9 Å². The lowest BCUT2D eigenvalue weighted by molar-refractivity contribution is -0.122. The molecule has 0 aliphatic carbocycles. The molecule has 1 unspecified atom stereocenters. The van der Waals surface area contributed by atoms with Gasteiger partial charge in [-0.3, -0.25) is 4.79 Å². The molecular weight excluding hydrogens is 386 g/mol. The third-order valence-corrected chi connectivity index (χ3v) is 6.01. The normalized spacial score (nSPS) is 16.3. The molecule has 1 N–H and O–H groups in total. The summed E-state index contributed by atoms with van der Waals surface area (Å²) in [5.74, 6) is 1.03. The van der Waals surface area contributed by atoms with E-state index in [1.165, 1.54) is 5.56 Å². The lowest BCUT2D eigenvalue weighted by Gasteiger charge is -2.32. The third-order valence-electron chi connectivity index (χ3n) is 6.01. The standard InChI is InChI=1S/C26H37N3O2/c1-5-24(31-25-9-7-6-8-23(25)20(2)3)26(30)27-22-12-10-21(11-13-22)14-15-29-18-16-28(4)17-19-29/h6-13,20,24H,5,14-19H2,1-4H3,(H,27,30). The molecule has 168 valence electrons. The van der Waals surface area contributed by atoms with Crippen molar-refractivity contribution in [2.45, 2.75) is 45.6 Å². The van der Waals surface area contributed by atoms with Crippen LogP contribution in [0.2, 0.25) is 0 Å². The molecule has 1 heterocycles. The number of carbonyl (C=O) groups is 1. The maximum Gasteiger partial charge on any atom is 0.265 e. The van der Waals surface area contributed by atoms with Crippen LogP contribution in [0, 0.1) is 0 Å². The van der Waals surface area contributed by atoms with Crippen LogP contribution in [0.3, 0.4) is 0 Å². The molecule has 2 aromatic carbocycles. The monoisotopic (exact) mass is 423 g/mol. The molecule has 3 rings (SSSR count). The van der Waals surface area contributed by atoms with E-state index < -0.39 is 6.10 Å². The van der Waals surface area contributed by atoms with Gasteiger partial charge in [-0.15, -0.1) is 0 Å². The number of hydrogen-bond donors (Lipinski definition) is 1. The van der Waals surface area contributed by atoms with E-state index in [0.717, 1.165) is 56.1 Å². The zero-order chi connectivity index (χ0) is 22.2. The van der Waals surface area contributed by atoms with E-state index in [0.29, 0.717) is 12.3 Å². The van der Waals surface area contributed by atoms with Crippen LogP contribution < -0.4 is 10.1 Å². The van der Waals surface area contributed by atoms with Gasteiger partial charge in [0.1, 0.15) is 5.75 Å². The summed E-state index contributed by atoms with van der Waals surface area (Å²) in [6, 6.07) is 16.2. The molecule has 1 atom stereocenters. The van der Waals surface area contributed by atoms with Crippen LogP contribution in [0.5, 0.6) is 5.75 Å². The van der Waals surface area contributed by atoms with Gasteiger partial charge in [0, 0.05) is 38.4 Å². The highest BCUT2D eigenvalue weighted by molar-refractivity contribution is 5.94. The number of carbonyl (C=O) groups excluding carboxylic acids is 1. The second-order valence-electron chi connectivity index (χ2n) is 8.79. The highest BCUT2D eigenvalue weighted by Crippen LogP contribution is 2.27. The first kappa shape index (κ1) is 23.3. The van der Waals surface area contributed by atoms with Crippen LogP contribution in [0.1, 0.15) is 44.2 Å². The Kier molecular flexibility index (Phi) is 8.50. The Morgan fingerprint density at radius 3 is 2.35 bits per heavy atom. The van der Waals surface area contributed by atoms with Crippen molar-refractivity contribution in [2.75, 3.05) is 45.1 Å². The molecule has 0 radical (unpaired) electrons. The Morgan fingerprint density at radius 2 is 1.71 bits per heavy atom. The van der Waals surface area contributed by atoms with Crippen molar-refractivity contribution in [1.82, 2.24) is 9.80 Å². The van der Waals surface area contributed by atoms with Crippen molar-refractivity contribution in [3.63, 3.8) is 0 Å². The smallest absolute Gasteiger partial charge is 0.265 e. The minimum Gasteiger partial charge on any atom is -0.480 e. The zero-order valence-corrected chi connectivity index (χ0v) is 19.4. The van der Waals surface area contributed by atoms with Gasteiger partial charge in [0.2, 0.25) is 0 Å². The first-order valence-corrected chi connectivity index (χ1v) is 11.5. The molecule has 2 aromatic rings. The summed E-state index contributed by atoms with van der Waals surface area (Å²) in [5, 5.41) is 3.02. The largest absolute Gasteiger partial charge is 0.480 e. The molecular formula is C26H37N3O2. The van der Waals surface area contributed by atoms with Crippen LogP contribution >= 0.6 is 0 Å². The third kappa shape index (κ3) is 6.81. The van der Waals surface area contributed by atoms with E-state index in [4.69, 9.17) is 4.74 Å². The van der Waals surface area contributed by atoms with Gasteiger partial charge in [-0.2, -0.15) is 0 Å². The maximum atomic E-state index is 12.8. The van der Waals surface area contributed by atoms with Crippen LogP contribution in [-0.4, -0.2) is 61.6 Å². The molecule has 5 nitrogen and oxygen atoms in total. The highest BCUT2D eigenvalue weighted by atomic mass is 16.5. The Morgan fingerprint density at radius 1 is 1.03 bits per heavy atom. The van der Waals surface area contributed by atoms with Crippen LogP contribution in [0.25, 0.3) is 0 Å². The Labute approximate surface area is 187 Å². The molecule has 1 fully saturated rings. The summed E-state index contributed by atoms with van der Waals surface area (Å²) in [6.07, 6.45) is 1.13. The van der Waals surface area contributed by atoms with Gasteiger partial charge in [-0.1, -0.05) is 51.1 Å². The number of para-hydroxylation sites is 1. The molecule has 31 heavy (non-hydrogen) atoms. The average Bonchev–Trinajstić information content (AvgIpc) is 2.78. The van der Waals surface area contributed by atoms with Crippen molar-refractivity contribution in [1.29, 1.82) is 0 Å². The fraction of sp³-hybridized carbons (Fsp3) is 0.500. The molecule has 0 saturated carbocycles. The number of hydrogen-bond acceptors (Lipinski definition) is 4. The van der Waals surface area contributed by atoms with E-state index in [1.807, 2.05) is 37.3 Å². The second-order valence-corrected chi connectivity index (χ2v) is 8.79. The maximum absolute atomic E-state index is 12.8. The van der Waals surface area contributed by atoms with Crippen LogP contribution in [-0.2, 0) is 11.2 Å². The minimum atomic E-state index is -0.517. The molecule has 5 heteroatoms. The number of benzene rings is 2. The van der Waals surface area contributed by atoms with E-state index >= 15 is 0 Å². The fourth-order valence-electron chi connectivity index (χ4n) is 3.88. The van der Waals surface area contributed by atoms with E-state index in [1.54, 1.807) is 0 Å². The number of ether oxygens (including phenoxy) is 1. The number of nitrogens with zero attached hydrogens (tertiary/aromatic N) is 2. The van der Waals surface area contributed by atoms with Crippen LogP contribution in [0.15, 0.2) is 48.5 Å². The summed E-state index contributed by atoms with van der Waals surface area (Å²) in [7, 11) is 2.18. The van der Waals surface area contributed by atoms with Crippen molar-refractivity contribution < 1.29 is 9.53 Å². The summed E-state index contributed by atoms with van der Waals surface area (Å²) in [4.78, 5) is 17.7. The second kappa shape index (κ2) is 11.3. The van der Waals surface area contributed by atoms with Gasteiger partial charge in [0.15, 0.2) is 6.10 Å². The molecule has 0 aromatic heterocycles. The first-order valence-electron chi connectivity index (χ1n) is 11.5. The van der Waals surface area contributed by atoms with Gasteiger partial charge in [0.25, 0.3) is 5.91 Å². The Bertz CT molecular complexity index is 827. The predicted octanol–water partition coefficient (Wildman–Crippen LogP) is 4.40. The topological polar surface area (TPSA) is 44.8 Å². The fourth-order valence-corrected chi connectivity index (χ4v) is 3.88. The predicted molar refractivity (Wildman–Crippen MR) is 128 cm³/mol. The number of piperazine rings is 1. The number of amides is 1. The molecule has 1 aliphatic heterocycles. The summed E-state index contributed by atoms with van der Waals surface area (Å²) in [6.45, 7) is 11.9. The van der Waals surface area contributed by atoms with E-state index in [2.05, 4.69) is 54.2 Å². The first-order chi connectivity index (χ1) is 15.0. The SMILES string of the molecule is CCC(Oc1ccccc1C(C)C)C(=O)Nc1ccc(CCN2CCN(C)CC2)cc1. The van der Waals surface area contributed by atoms with E-state index in [9.17, 15) is 4.79 Å². The number of anilines is 1. The lowest BCUT2D eigenvalue weighted by atomic mass is 10.0. The van der Waals surface area contributed by atoms with Gasteiger partial charge in [0.05, 0.1) is 0 Å². The molecule has 1 aliphatic rings. The van der Waals surface area contributed by atoms with Gasteiger partial charge >= 0.3 is 0 Å². The summed E-state index contributed by atoms with van der Waals surface area (Å²) in [5.41, 5.74) is 3.23. The Hall–Kier alpha value is -2.37. The quantitative estimate of drug-likeness (QED) is 0.649. The molecule has 0 bridgehead atoms. The van der Waals surface area contributed by atoms with Crippen molar-refractivity contribution in [3.8, 4) is 5.75 Å². The van der Waals surface area contributed by atoms with E-state index in [-0.39, 0.29) is 5.91 Å². The summed E-state index contributed by atoms with van der Waals surface area (Å²) < 4.78 is 6.11. The van der Waals surface area contributed by atoms with Crippen molar-refractivity contribution in [2.24, 2.45) is 0 Å². The lowest BCUT2D eigenvalue weighted by Crippen LogP contribution is -2.45.